The maximum absolute atomic E-state index is 10.9. The molecule has 4 rings (SSSR count). The van der Waals surface area contributed by atoms with Gasteiger partial charge < -0.3 is 19.1 Å². The van der Waals surface area contributed by atoms with E-state index in [1.807, 2.05) is 47.5 Å². The first kappa shape index (κ1) is 22.3. The first-order chi connectivity index (χ1) is 15.7. The Hall–Kier alpha value is -2.93. The first-order valence-corrected chi connectivity index (χ1v) is 11.9. The summed E-state index contributed by atoms with van der Waals surface area (Å²) < 4.78 is 7.43. The SMILES string of the molecule is COc1ccc(CCC(Cn2ccnc2)Sc2ccc(N3CCN(C=O)CC3)cc2)cc1. The van der Waals surface area contributed by atoms with Crippen molar-refractivity contribution in [2.24, 2.45) is 0 Å². The fraction of sp³-hybridized carbons (Fsp3) is 0.360. The number of rotatable bonds is 10. The van der Waals surface area contributed by atoms with Crippen LogP contribution in [0.25, 0.3) is 0 Å². The van der Waals surface area contributed by atoms with Crippen molar-refractivity contribution >= 4 is 23.9 Å². The van der Waals surface area contributed by atoms with Crippen molar-refractivity contribution in [1.29, 1.82) is 0 Å². The monoisotopic (exact) mass is 450 g/mol. The summed E-state index contributed by atoms with van der Waals surface area (Å²) in [5.41, 5.74) is 2.55. The molecule has 0 aliphatic carbocycles. The average Bonchev–Trinajstić information content (AvgIpc) is 3.36. The summed E-state index contributed by atoms with van der Waals surface area (Å²) in [6, 6.07) is 17.2. The lowest BCUT2D eigenvalue weighted by molar-refractivity contribution is -0.118. The number of piperazine rings is 1. The predicted octanol–water partition coefficient (Wildman–Crippen LogP) is 3.96. The van der Waals surface area contributed by atoms with Crippen molar-refractivity contribution in [3.05, 3.63) is 72.8 Å². The molecule has 0 bridgehead atoms. The van der Waals surface area contributed by atoms with E-state index in [1.54, 1.807) is 7.11 Å². The van der Waals surface area contributed by atoms with Gasteiger partial charge in [0.15, 0.2) is 0 Å². The molecule has 1 aromatic heterocycles. The molecule has 2 aromatic carbocycles. The zero-order valence-electron chi connectivity index (χ0n) is 18.5. The number of amides is 1. The molecule has 6 nitrogen and oxygen atoms in total. The number of nitrogens with zero attached hydrogens (tertiary/aromatic N) is 4. The van der Waals surface area contributed by atoms with E-state index >= 15 is 0 Å². The molecule has 3 aromatic rings. The van der Waals surface area contributed by atoms with E-state index in [9.17, 15) is 4.79 Å². The van der Waals surface area contributed by atoms with E-state index < -0.39 is 0 Å². The van der Waals surface area contributed by atoms with Crippen molar-refractivity contribution < 1.29 is 9.53 Å². The quantitative estimate of drug-likeness (QED) is 0.346. The number of ether oxygens (including phenoxy) is 1. The normalized spacial score (nSPS) is 14.9. The molecule has 1 fully saturated rings. The third-order valence-corrected chi connectivity index (χ3v) is 7.12. The number of aryl methyl sites for hydroxylation is 1. The van der Waals surface area contributed by atoms with E-state index in [0.29, 0.717) is 5.25 Å². The lowest BCUT2D eigenvalue weighted by Crippen LogP contribution is -2.45. The van der Waals surface area contributed by atoms with Crippen LogP contribution >= 0.6 is 11.8 Å². The van der Waals surface area contributed by atoms with Gasteiger partial charge in [-0.15, -0.1) is 11.8 Å². The minimum Gasteiger partial charge on any atom is -0.497 e. The molecule has 0 saturated carbocycles. The van der Waals surface area contributed by atoms with Gasteiger partial charge in [0.2, 0.25) is 6.41 Å². The van der Waals surface area contributed by atoms with Gasteiger partial charge in [-0.25, -0.2) is 4.98 Å². The van der Waals surface area contributed by atoms with E-state index in [-0.39, 0.29) is 0 Å². The molecule has 0 radical (unpaired) electrons. The van der Waals surface area contributed by atoms with Gasteiger partial charge in [-0.2, -0.15) is 0 Å². The Morgan fingerprint density at radius 1 is 1.06 bits per heavy atom. The van der Waals surface area contributed by atoms with Crippen LogP contribution in [0.4, 0.5) is 5.69 Å². The maximum atomic E-state index is 10.9. The molecule has 1 saturated heterocycles. The number of benzene rings is 2. The molecular weight excluding hydrogens is 420 g/mol. The highest BCUT2D eigenvalue weighted by molar-refractivity contribution is 8.00. The second kappa shape index (κ2) is 11.1. The molecule has 1 unspecified atom stereocenters. The number of thioether (sulfide) groups is 1. The van der Waals surface area contributed by atoms with E-state index in [0.717, 1.165) is 57.7 Å². The van der Waals surface area contributed by atoms with Crippen LogP contribution in [0, 0.1) is 0 Å². The van der Waals surface area contributed by atoms with Crippen LogP contribution < -0.4 is 9.64 Å². The van der Waals surface area contributed by atoms with Crippen molar-refractivity contribution in [3.63, 3.8) is 0 Å². The van der Waals surface area contributed by atoms with Gasteiger partial charge >= 0.3 is 0 Å². The summed E-state index contributed by atoms with van der Waals surface area (Å²) in [5.74, 6) is 0.894. The van der Waals surface area contributed by atoms with E-state index in [4.69, 9.17) is 4.74 Å². The van der Waals surface area contributed by atoms with Gasteiger partial charge in [0.1, 0.15) is 5.75 Å². The third-order valence-electron chi connectivity index (χ3n) is 5.86. The number of hydrogen-bond donors (Lipinski definition) is 0. The number of aromatic nitrogens is 2. The standard InChI is InChI=1S/C25H30N4O2S/c1-31-23-7-2-21(3-8-23)4-9-25(18-28-13-12-26-19-28)32-24-10-5-22(6-11-24)29-16-14-27(20-30)15-17-29/h2-3,5-8,10-13,19-20,25H,4,9,14-18H2,1H3. The lowest BCUT2D eigenvalue weighted by atomic mass is 10.1. The maximum Gasteiger partial charge on any atom is 0.209 e. The summed E-state index contributed by atoms with van der Waals surface area (Å²) in [6.07, 6.45) is 8.81. The Balaban J connectivity index is 1.38. The fourth-order valence-corrected chi connectivity index (χ4v) is 5.11. The van der Waals surface area contributed by atoms with E-state index in [2.05, 4.69) is 50.8 Å². The average molecular weight is 451 g/mol. The van der Waals surface area contributed by atoms with Crippen LogP contribution in [0.15, 0.2) is 72.1 Å². The number of carbonyl (C=O) groups excluding carboxylic acids is 1. The van der Waals surface area contributed by atoms with E-state index in [1.165, 1.54) is 16.1 Å². The van der Waals surface area contributed by atoms with Crippen molar-refractivity contribution in [2.45, 2.75) is 29.5 Å². The molecule has 0 N–H and O–H groups in total. The first-order valence-electron chi connectivity index (χ1n) is 11.0. The largest absolute Gasteiger partial charge is 0.497 e. The van der Waals surface area contributed by atoms with Gasteiger partial charge in [0.25, 0.3) is 0 Å². The van der Waals surface area contributed by atoms with Gasteiger partial charge in [-0.3, -0.25) is 4.79 Å². The summed E-state index contributed by atoms with van der Waals surface area (Å²) in [7, 11) is 1.70. The fourth-order valence-electron chi connectivity index (χ4n) is 3.95. The molecule has 1 aliphatic rings. The molecule has 1 aliphatic heterocycles. The zero-order chi connectivity index (χ0) is 22.2. The van der Waals surface area contributed by atoms with Crippen molar-refractivity contribution in [2.75, 3.05) is 38.2 Å². The Labute approximate surface area is 194 Å². The summed E-state index contributed by atoms with van der Waals surface area (Å²) in [4.78, 5) is 20.6. The molecule has 1 amide bonds. The Morgan fingerprint density at radius 3 is 2.44 bits per heavy atom. The smallest absolute Gasteiger partial charge is 0.209 e. The second-order valence-electron chi connectivity index (χ2n) is 8.01. The third kappa shape index (κ3) is 6.07. The van der Waals surface area contributed by atoms with Crippen molar-refractivity contribution in [1.82, 2.24) is 14.5 Å². The summed E-state index contributed by atoms with van der Waals surface area (Å²) in [6.45, 7) is 4.28. The number of anilines is 1. The van der Waals surface area contributed by atoms with Gasteiger partial charge in [-0.1, -0.05) is 12.1 Å². The van der Waals surface area contributed by atoms with Crippen LogP contribution in [-0.2, 0) is 17.8 Å². The van der Waals surface area contributed by atoms with Crippen LogP contribution in [0.3, 0.4) is 0 Å². The topological polar surface area (TPSA) is 50.6 Å². The van der Waals surface area contributed by atoms with Crippen LogP contribution in [0.5, 0.6) is 5.75 Å². The summed E-state index contributed by atoms with van der Waals surface area (Å²) >= 11 is 1.93. The highest BCUT2D eigenvalue weighted by Crippen LogP contribution is 2.30. The Morgan fingerprint density at radius 2 is 1.81 bits per heavy atom. The molecule has 32 heavy (non-hydrogen) atoms. The molecule has 1 atom stereocenters. The van der Waals surface area contributed by atoms with Gasteiger partial charge in [0, 0.05) is 61.0 Å². The Kier molecular flexibility index (Phi) is 7.72. The number of carbonyl (C=O) groups is 1. The number of hydrogen-bond acceptors (Lipinski definition) is 5. The number of methoxy groups -OCH3 is 1. The van der Waals surface area contributed by atoms with Crippen LogP contribution in [0.2, 0.25) is 0 Å². The lowest BCUT2D eigenvalue weighted by Gasteiger charge is -2.34. The van der Waals surface area contributed by atoms with Crippen LogP contribution in [-0.4, -0.2) is 59.4 Å². The van der Waals surface area contributed by atoms with Gasteiger partial charge in [-0.05, 0) is 54.8 Å². The number of imidazole rings is 1. The zero-order valence-corrected chi connectivity index (χ0v) is 19.3. The molecule has 7 heteroatoms. The molecule has 168 valence electrons. The molecule has 2 heterocycles. The van der Waals surface area contributed by atoms with Gasteiger partial charge in [0.05, 0.1) is 13.4 Å². The highest BCUT2D eigenvalue weighted by atomic mass is 32.2. The predicted molar refractivity (Wildman–Crippen MR) is 129 cm³/mol. The minimum absolute atomic E-state index is 0.438. The minimum atomic E-state index is 0.438. The van der Waals surface area contributed by atoms with Crippen LogP contribution in [0.1, 0.15) is 12.0 Å². The molecular formula is C25H30N4O2S. The second-order valence-corrected chi connectivity index (χ2v) is 9.38. The summed E-state index contributed by atoms with van der Waals surface area (Å²) in [5, 5.41) is 0.438. The molecule has 0 spiro atoms. The van der Waals surface area contributed by atoms with Crippen molar-refractivity contribution in [3.8, 4) is 5.75 Å². The Bertz CT molecular complexity index is 953. The highest BCUT2D eigenvalue weighted by Gasteiger charge is 2.16.